The van der Waals surface area contributed by atoms with Gasteiger partial charge >= 0.3 is 0 Å². The number of carbonyl (C=O) groups is 1. The van der Waals surface area contributed by atoms with Crippen LogP contribution in [0.5, 0.6) is 5.75 Å². The Bertz CT molecular complexity index is 382. The lowest BCUT2D eigenvalue weighted by atomic mass is 10.2. The van der Waals surface area contributed by atoms with Crippen LogP contribution in [0.15, 0.2) is 22.7 Å². The molecule has 0 bridgehead atoms. The normalized spacial score (nSPS) is 10.2. The first-order chi connectivity index (χ1) is 8.15. The molecule has 0 aliphatic rings. The number of ether oxygens (including phenoxy) is 1. The molecule has 1 amide bonds. The topological polar surface area (TPSA) is 58.6 Å². The quantitative estimate of drug-likeness (QED) is 0.793. The van der Waals surface area contributed by atoms with Crippen LogP contribution < -0.4 is 5.32 Å². The first-order valence-corrected chi connectivity index (χ1v) is 6.20. The van der Waals surface area contributed by atoms with Gasteiger partial charge < -0.3 is 15.2 Å². The highest BCUT2D eigenvalue weighted by atomic mass is 79.9. The smallest absolute Gasteiger partial charge is 0.255 e. The van der Waals surface area contributed by atoms with E-state index in [1.54, 1.807) is 19.2 Å². The van der Waals surface area contributed by atoms with Gasteiger partial charge in [0, 0.05) is 24.7 Å². The van der Waals surface area contributed by atoms with Crippen molar-refractivity contribution < 1.29 is 14.6 Å². The molecule has 0 radical (unpaired) electrons. The molecule has 0 unspecified atom stereocenters. The average molecular weight is 302 g/mol. The molecule has 0 aromatic heterocycles. The lowest BCUT2D eigenvalue weighted by Gasteiger charge is -2.07. The minimum Gasteiger partial charge on any atom is -0.507 e. The molecule has 0 saturated carbocycles. The minimum atomic E-state index is -0.263. The number of aromatic hydroxyl groups is 1. The standard InChI is InChI=1S/C12H16BrNO3/c1-17-7-3-2-6-14-12(16)10-8-9(13)4-5-11(10)15/h4-5,8,15H,2-3,6-7H2,1H3,(H,14,16). The predicted molar refractivity (Wildman–Crippen MR) is 69.3 cm³/mol. The molecule has 1 aromatic carbocycles. The van der Waals surface area contributed by atoms with Crippen LogP contribution in [-0.2, 0) is 4.74 Å². The van der Waals surface area contributed by atoms with Gasteiger partial charge in [0.15, 0.2) is 0 Å². The molecule has 0 aliphatic carbocycles. The van der Waals surface area contributed by atoms with Crippen LogP contribution in [0.3, 0.4) is 0 Å². The van der Waals surface area contributed by atoms with Crippen LogP contribution in [0.4, 0.5) is 0 Å². The molecule has 0 fully saturated rings. The Hall–Kier alpha value is -1.07. The van der Waals surface area contributed by atoms with Gasteiger partial charge in [-0.05, 0) is 31.0 Å². The number of nitrogens with one attached hydrogen (secondary N) is 1. The van der Waals surface area contributed by atoms with Crippen LogP contribution in [0, 0.1) is 0 Å². The fourth-order valence-electron chi connectivity index (χ4n) is 1.36. The van der Waals surface area contributed by atoms with Gasteiger partial charge in [-0.3, -0.25) is 4.79 Å². The lowest BCUT2D eigenvalue weighted by molar-refractivity contribution is 0.0948. The van der Waals surface area contributed by atoms with E-state index in [9.17, 15) is 9.90 Å². The molecule has 1 aromatic rings. The van der Waals surface area contributed by atoms with Crippen molar-refractivity contribution in [3.8, 4) is 5.75 Å². The third-order valence-electron chi connectivity index (χ3n) is 2.26. The Labute approximate surface area is 109 Å². The maximum atomic E-state index is 11.7. The van der Waals surface area contributed by atoms with Gasteiger partial charge in [0.1, 0.15) is 5.75 Å². The summed E-state index contributed by atoms with van der Waals surface area (Å²) in [6.45, 7) is 1.27. The zero-order chi connectivity index (χ0) is 12.7. The van der Waals surface area contributed by atoms with Crippen LogP contribution in [0.25, 0.3) is 0 Å². The second-order valence-electron chi connectivity index (χ2n) is 3.62. The van der Waals surface area contributed by atoms with Crippen molar-refractivity contribution >= 4 is 21.8 Å². The fourth-order valence-corrected chi connectivity index (χ4v) is 1.72. The molecule has 94 valence electrons. The Kier molecular flexibility index (Phi) is 6.00. The van der Waals surface area contributed by atoms with Crippen molar-refractivity contribution in [3.63, 3.8) is 0 Å². The van der Waals surface area contributed by atoms with Crippen molar-refractivity contribution in [2.24, 2.45) is 0 Å². The highest BCUT2D eigenvalue weighted by Gasteiger charge is 2.10. The summed E-state index contributed by atoms with van der Waals surface area (Å²) in [5.74, 6) is -0.274. The Balaban J connectivity index is 2.44. The number of hydrogen-bond acceptors (Lipinski definition) is 3. The molecule has 0 aliphatic heterocycles. The monoisotopic (exact) mass is 301 g/mol. The predicted octanol–water partition coefficient (Wildman–Crippen LogP) is 2.31. The maximum Gasteiger partial charge on any atom is 0.255 e. The van der Waals surface area contributed by atoms with Gasteiger partial charge in [-0.1, -0.05) is 15.9 Å². The molecular formula is C12H16BrNO3. The Morgan fingerprint density at radius 3 is 2.94 bits per heavy atom. The first-order valence-electron chi connectivity index (χ1n) is 5.41. The summed E-state index contributed by atoms with van der Waals surface area (Å²) in [5.41, 5.74) is 0.283. The van der Waals surface area contributed by atoms with E-state index in [1.807, 2.05) is 0 Å². The summed E-state index contributed by atoms with van der Waals surface area (Å²) in [6, 6.07) is 4.77. The third kappa shape index (κ3) is 4.75. The van der Waals surface area contributed by atoms with Crippen LogP contribution in [-0.4, -0.2) is 31.3 Å². The van der Waals surface area contributed by atoms with Gasteiger partial charge in [-0.2, -0.15) is 0 Å². The zero-order valence-electron chi connectivity index (χ0n) is 9.70. The molecule has 5 heteroatoms. The summed E-state index contributed by atoms with van der Waals surface area (Å²) in [5, 5.41) is 12.3. The summed E-state index contributed by atoms with van der Waals surface area (Å²) >= 11 is 3.26. The van der Waals surface area contributed by atoms with E-state index in [0.29, 0.717) is 13.2 Å². The summed E-state index contributed by atoms with van der Waals surface area (Å²) < 4.78 is 5.67. The van der Waals surface area contributed by atoms with E-state index in [0.717, 1.165) is 17.3 Å². The van der Waals surface area contributed by atoms with Gasteiger partial charge in [-0.15, -0.1) is 0 Å². The molecule has 0 atom stereocenters. The largest absolute Gasteiger partial charge is 0.507 e. The number of halogens is 1. The zero-order valence-corrected chi connectivity index (χ0v) is 11.3. The lowest BCUT2D eigenvalue weighted by Crippen LogP contribution is -2.24. The highest BCUT2D eigenvalue weighted by Crippen LogP contribution is 2.21. The number of phenols is 1. The van der Waals surface area contributed by atoms with E-state index in [-0.39, 0.29) is 17.2 Å². The summed E-state index contributed by atoms with van der Waals surface area (Å²) in [6.07, 6.45) is 1.76. The molecule has 4 nitrogen and oxygen atoms in total. The van der Waals surface area contributed by atoms with Crippen molar-refractivity contribution in [1.29, 1.82) is 0 Å². The number of amides is 1. The van der Waals surface area contributed by atoms with Gasteiger partial charge in [0.2, 0.25) is 0 Å². The van der Waals surface area contributed by atoms with Gasteiger partial charge in [0.05, 0.1) is 5.56 Å². The fraction of sp³-hybridized carbons (Fsp3) is 0.417. The Morgan fingerprint density at radius 2 is 2.24 bits per heavy atom. The molecule has 17 heavy (non-hydrogen) atoms. The number of hydrogen-bond donors (Lipinski definition) is 2. The number of benzene rings is 1. The number of phenolic OH excluding ortho intramolecular Hbond substituents is 1. The number of unbranched alkanes of at least 4 members (excludes halogenated alkanes) is 1. The number of carbonyl (C=O) groups excluding carboxylic acids is 1. The van der Waals surface area contributed by atoms with Gasteiger partial charge in [-0.25, -0.2) is 0 Å². The Morgan fingerprint density at radius 1 is 1.47 bits per heavy atom. The van der Waals surface area contributed by atoms with Crippen molar-refractivity contribution in [2.75, 3.05) is 20.3 Å². The summed E-state index contributed by atoms with van der Waals surface area (Å²) in [7, 11) is 1.65. The van der Waals surface area contributed by atoms with Crippen LogP contribution >= 0.6 is 15.9 Å². The number of rotatable bonds is 6. The highest BCUT2D eigenvalue weighted by molar-refractivity contribution is 9.10. The van der Waals surface area contributed by atoms with E-state index in [1.165, 1.54) is 6.07 Å². The van der Waals surface area contributed by atoms with Gasteiger partial charge in [0.25, 0.3) is 5.91 Å². The van der Waals surface area contributed by atoms with E-state index < -0.39 is 0 Å². The van der Waals surface area contributed by atoms with E-state index >= 15 is 0 Å². The molecule has 1 rings (SSSR count). The van der Waals surface area contributed by atoms with Crippen molar-refractivity contribution in [2.45, 2.75) is 12.8 Å². The SMILES string of the molecule is COCCCCNC(=O)c1cc(Br)ccc1O. The average Bonchev–Trinajstić information content (AvgIpc) is 2.32. The third-order valence-corrected chi connectivity index (χ3v) is 2.76. The summed E-state index contributed by atoms with van der Waals surface area (Å²) in [4.78, 5) is 11.7. The minimum absolute atomic E-state index is 0.0115. The van der Waals surface area contributed by atoms with Crippen molar-refractivity contribution in [3.05, 3.63) is 28.2 Å². The maximum absolute atomic E-state index is 11.7. The van der Waals surface area contributed by atoms with Crippen molar-refractivity contribution in [1.82, 2.24) is 5.32 Å². The molecular weight excluding hydrogens is 286 g/mol. The van der Waals surface area contributed by atoms with E-state index in [2.05, 4.69) is 21.2 Å². The van der Waals surface area contributed by atoms with E-state index in [4.69, 9.17) is 4.74 Å². The second-order valence-corrected chi connectivity index (χ2v) is 4.53. The molecule has 2 N–H and O–H groups in total. The second kappa shape index (κ2) is 7.29. The first kappa shape index (κ1) is 14.0. The number of methoxy groups -OCH3 is 1. The molecule has 0 saturated heterocycles. The molecule has 0 spiro atoms. The molecule has 0 heterocycles. The van der Waals surface area contributed by atoms with Crippen LogP contribution in [0.1, 0.15) is 23.2 Å². The van der Waals surface area contributed by atoms with Crippen LogP contribution in [0.2, 0.25) is 0 Å².